The molecule has 0 N–H and O–H groups in total. The molecule has 1 aliphatic rings. The van der Waals surface area contributed by atoms with Gasteiger partial charge in [0.25, 0.3) is 5.88 Å². The van der Waals surface area contributed by atoms with Crippen molar-refractivity contribution in [3.63, 3.8) is 0 Å². The zero-order valence-corrected chi connectivity index (χ0v) is 24.5. The summed E-state index contributed by atoms with van der Waals surface area (Å²) in [5.41, 5.74) is 8.06. The summed E-state index contributed by atoms with van der Waals surface area (Å²) in [5.74, 6) is 0.837. The van der Waals surface area contributed by atoms with Crippen molar-refractivity contribution < 1.29 is 9.30 Å². The molecule has 5 aromatic rings. The maximum absolute atomic E-state index is 12.7. The molecule has 8 nitrogen and oxygen atoms in total. The number of benzene rings is 2. The molecule has 0 amide bonds. The molecule has 0 saturated heterocycles. The number of aryl methyl sites for hydroxylation is 1. The Hall–Kier alpha value is -3.64. The van der Waals surface area contributed by atoms with Gasteiger partial charge in [-0.2, -0.15) is 10.2 Å². The van der Waals surface area contributed by atoms with E-state index in [0.29, 0.717) is 11.9 Å². The Morgan fingerprint density at radius 3 is 2.41 bits per heavy atom. The lowest BCUT2D eigenvalue weighted by Crippen LogP contribution is -2.08. The van der Waals surface area contributed by atoms with E-state index in [0.717, 1.165) is 62.9 Å². The summed E-state index contributed by atoms with van der Waals surface area (Å²) in [6, 6.07) is 12.7. The van der Waals surface area contributed by atoms with Crippen LogP contribution in [0.15, 0.2) is 48.8 Å². The van der Waals surface area contributed by atoms with Gasteiger partial charge in [-0.15, -0.1) is 5.10 Å². The summed E-state index contributed by atoms with van der Waals surface area (Å²) in [7, 11) is -0.698. The highest BCUT2D eigenvalue weighted by molar-refractivity contribution is 7.70. The van der Waals surface area contributed by atoms with Gasteiger partial charge in [0.2, 0.25) is 0 Å². The van der Waals surface area contributed by atoms with Gasteiger partial charge < -0.3 is 9.30 Å². The molecule has 39 heavy (non-hydrogen) atoms. The standard InChI is InChI=1S/C30H35N6O2P/c1-18(2)28-20(4)36(26-14-13-22(15-19(26)3)39(6,7)37)32-29(28)23-9-8-10-25-24(23)16-35(31-25)27-17-34(21-11-12-21)33-30(27)38-5/h8-10,13-18,21H,11-12H2,1-7H3. The topological polar surface area (TPSA) is 79.8 Å². The lowest BCUT2D eigenvalue weighted by molar-refractivity contribution is 0.386. The molecule has 6 rings (SSSR count). The lowest BCUT2D eigenvalue weighted by atomic mass is 9.95. The van der Waals surface area contributed by atoms with Crippen molar-refractivity contribution >= 4 is 23.3 Å². The molecule has 202 valence electrons. The molecule has 9 heteroatoms. The molecule has 0 spiro atoms. The molecule has 0 bridgehead atoms. The van der Waals surface area contributed by atoms with Crippen molar-refractivity contribution in [2.75, 3.05) is 20.4 Å². The first-order chi connectivity index (χ1) is 18.6. The van der Waals surface area contributed by atoms with E-state index in [1.807, 2.05) is 63.9 Å². The molecule has 3 aromatic heterocycles. The molecular weight excluding hydrogens is 507 g/mol. The normalized spacial score (nSPS) is 14.1. The predicted molar refractivity (Wildman–Crippen MR) is 157 cm³/mol. The molecule has 1 saturated carbocycles. The second-order valence-corrected chi connectivity index (χ2v) is 14.5. The molecule has 2 aromatic carbocycles. The van der Waals surface area contributed by atoms with Crippen molar-refractivity contribution in [1.82, 2.24) is 29.3 Å². The maximum Gasteiger partial charge on any atom is 0.258 e. The van der Waals surface area contributed by atoms with Gasteiger partial charge in [-0.1, -0.05) is 26.0 Å². The Labute approximate surface area is 229 Å². The van der Waals surface area contributed by atoms with Crippen LogP contribution in [0.4, 0.5) is 0 Å². The summed E-state index contributed by atoms with van der Waals surface area (Å²) in [5, 5.41) is 16.6. The van der Waals surface area contributed by atoms with E-state index in [2.05, 4.69) is 45.1 Å². The van der Waals surface area contributed by atoms with Crippen LogP contribution in [0.3, 0.4) is 0 Å². The van der Waals surface area contributed by atoms with Gasteiger partial charge in [0.15, 0.2) is 0 Å². The van der Waals surface area contributed by atoms with Crippen molar-refractivity contribution in [3.05, 3.63) is 65.6 Å². The minimum Gasteiger partial charge on any atom is -0.478 e. The van der Waals surface area contributed by atoms with Gasteiger partial charge in [0.05, 0.1) is 36.2 Å². The van der Waals surface area contributed by atoms with Gasteiger partial charge in [-0.3, -0.25) is 4.68 Å². The van der Waals surface area contributed by atoms with Crippen LogP contribution < -0.4 is 10.0 Å². The fraction of sp³-hybridized carbons (Fsp3) is 0.367. The first-order valence-electron chi connectivity index (χ1n) is 13.4. The number of ether oxygens (including phenoxy) is 1. The zero-order chi connectivity index (χ0) is 27.6. The summed E-state index contributed by atoms with van der Waals surface area (Å²) in [6.45, 7) is 12.2. The number of hydrogen-bond acceptors (Lipinski definition) is 5. The third-order valence-corrected chi connectivity index (χ3v) is 9.14. The van der Waals surface area contributed by atoms with E-state index in [-0.39, 0.29) is 5.92 Å². The summed E-state index contributed by atoms with van der Waals surface area (Å²) in [6.07, 6.45) is 6.38. The van der Waals surface area contributed by atoms with Gasteiger partial charge in [-0.05, 0) is 75.8 Å². The average molecular weight is 543 g/mol. The van der Waals surface area contributed by atoms with E-state index < -0.39 is 7.14 Å². The smallest absolute Gasteiger partial charge is 0.258 e. The maximum atomic E-state index is 12.7. The van der Waals surface area contributed by atoms with Crippen LogP contribution in [0.5, 0.6) is 5.88 Å². The largest absolute Gasteiger partial charge is 0.478 e. The molecule has 0 radical (unpaired) electrons. The third kappa shape index (κ3) is 4.41. The van der Waals surface area contributed by atoms with E-state index in [4.69, 9.17) is 14.9 Å². The van der Waals surface area contributed by atoms with Crippen LogP contribution in [0, 0.1) is 13.8 Å². The molecular formula is C30H35N6O2P. The van der Waals surface area contributed by atoms with Gasteiger partial charge in [0.1, 0.15) is 12.8 Å². The molecule has 0 aliphatic heterocycles. The predicted octanol–water partition coefficient (Wildman–Crippen LogP) is 6.41. The second-order valence-electron chi connectivity index (χ2n) is 11.3. The van der Waals surface area contributed by atoms with Crippen molar-refractivity contribution in [2.24, 2.45) is 0 Å². The van der Waals surface area contributed by atoms with Gasteiger partial charge >= 0.3 is 0 Å². The molecule has 3 heterocycles. The van der Waals surface area contributed by atoms with Gasteiger partial charge in [-0.25, -0.2) is 9.36 Å². The number of methoxy groups -OCH3 is 1. The Bertz CT molecular complexity index is 1770. The minimum absolute atomic E-state index is 0.266. The average Bonchev–Trinajstić information content (AvgIpc) is 3.34. The fourth-order valence-corrected chi connectivity index (χ4v) is 6.36. The van der Waals surface area contributed by atoms with Crippen LogP contribution >= 0.6 is 7.14 Å². The molecule has 1 aliphatic carbocycles. The van der Waals surface area contributed by atoms with E-state index >= 15 is 0 Å². The number of hydrogen-bond donors (Lipinski definition) is 0. The number of nitrogens with zero attached hydrogens (tertiary/aromatic N) is 6. The summed E-state index contributed by atoms with van der Waals surface area (Å²) in [4.78, 5) is 0. The quantitative estimate of drug-likeness (QED) is 0.222. The van der Waals surface area contributed by atoms with E-state index in [1.165, 1.54) is 5.56 Å². The SMILES string of the molecule is COc1nn(C2CC2)cc1-n1cc2c(-c3nn(-c4ccc(P(C)(C)=O)cc4C)c(C)c3C(C)C)cccc2n1. The number of aromatic nitrogens is 6. The second kappa shape index (κ2) is 9.23. The van der Waals surface area contributed by atoms with Gasteiger partial charge in [0, 0.05) is 33.7 Å². The molecule has 1 fully saturated rings. The van der Waals surface area contributed by atoms with Crippen molar-refractivity contribution in [2.45, 2.75) is 52.5 Å². The van der Waals surface area contributed by atoms with E-state index in [9.17, 15) is 4.57 Å². The van der Waals surface area contributed by atoms with Crippen molar-refractivity contribution in [1.29, 1.82) is 0 Å². The molecule has 0 atom stereocenters. The Morgan fingerprint density at radius 2 is 1.77 bits per heavy atom. The van der Waals surface area contributed by atoms with E-state index in [1.54, 1.807) is 7.11 Å². The van der Waals surface area contributed by atoms with Crippen LogP contribution in [0.2, 0.25) is 0 Å². The first kappa shape index (κ1) is 25.6. The van der Waals surface area contributed by atoms with Crippen LogP contribution in [-0.2, 0) is 4.57 Å². The zero-order valence-electron chi connectivity index (χ0n) is 23.6. The Morgan fingerprint density at radius 1 is 1.00 bits per heavy atom. The fourth-order valence-electron chi connectivity index (χ4n) is 5.42. The summed E-state index contributed by atoms with van der Waals surface area (Å²) < 4.78 is 24.2. The first-order valence-corrected chi connectivity index (χ1v) is 16.0. The highest BCUT2D eigenvalue weighted by Gasteiger charge is 2.28. The molecule has 0 unspecified atom stereocenters. The van der Waals surface area contributed by atoms with Crippen LogP contribution in [-0.4, -0.2) is 49.8 Å². The minimum atomic E-state index is -2.35. The van der Waals surface area contributed by atoms with Crippen LogP contribution in [0.1, 0.15) is 55.5 Å². The lowest BCUT2D eigenvalue weighted by Gasteiger charge is -2.13. The number of rotatable bonds is 7. The Balaban J connectivity index is 1.50. The van der Waals surface area contributed by atoms with Crippen LogP contribution in [0.25, 0.3) is 33.5 Å². The summed E-state index contributed by atoms with van der Waals surface area (Å²) >= 11 is 0. The Kier molecular flexibility index (Phi) is 6.07. The highest BCUT2D eigenvalue weighted by Crippen LogP contribution is 2.40. The number of fused-ring (bicyclic) bond motifs is 1. The monoisotopic (exact) mass is 542 g/mol. The van der Waals surface area contributed by atoms with Crippen molar-refractivity contribution in [3.8, 4) is 28.5 Å². The highest BCUT2D eigenvalue weighted by atomic mass is 31.2. The third-order valence-electron chi connectivity index (χ3n) is 7.62.